The van der Waals surface area contributed by atoms with Crippen molar-refractivity contribution in [2.75, 3.05) is 0 Å². The van der Waals surface area contributed by atoms with Crippen LogP contribution in [0.15, 0.2) is 16.8 Å². The highest BCUT2D eigenvalue weighted by Gasteiger charge is 2.62. The Morgan fingerprint density at radius 1 is 1.25 bits per heavy atom. The van der Waals surface area contributed by atoms with E-state index in [-0.39, 0.29) is 28.8 Å². The summed E-state index contributed by atoms with van der Waals surface area (Å²) in [5, 5.41) is 12.7. The normalized spacial score (nSPS) is 45.6. The number of allylic oxidation sites excluding steroid dienone is 2. The summed E-state index contributed by atoms with van der Waals surface area (Å²) >= 11 is 0. The molecule has 5 heteroatoms. The number of rotatable bonds is 2. The summed E-state index contributed by atoms with van der Waals surface area (Å²) in [5.41, 5.74) is 1.53. The van der Waals surface area contributed by atoms with Crippen LogP contribution in [0.4, 0.5) is 0 Å². The molecule has 3 fully saturated rings. The number of Topliss-reactive ketones (excluding diaryl/α,β-unsaturated/α-hetero) is 1. The quantitative estimate of drug-likeness (QED) is 0.327. The van der Waals surface area contributed by atoms with Gasteiger partial charge in [0.1, 0.15) is 11.9 Å². The first kappa shape index (κ1) is 19.7. The van der Waals surface area contributed by atoms with E-state index in [1.807, 2.05) is 6.92 Å². The van der Waals surface area contributed by atoms with Crippen LogP contribution in [-0.2, 0) is 14.3 Å². The Labute approximate surface area is 167 Å². The van der Waals surface area contributed by atoms with Crippen molar-refractivity contribution in [3.05, 3.63) is 11.6 Å². The second-order valence-corrected chi connectivity index (χ2v) is 10.1. The van der Waals surface area contributed by atoms with Crippen LogP contribution in [0.1, 0.15) is 72.6 Å². The average molecular weight is 388 g/mol. The van der Waals surface area contributed by atoms with Gasteiger partial charge in [-0.05, 0) is 74.2 Å². The molecule has 154 valence electrons. The molecule has 0 aromatic rings. The van der Waals surface area contributed by atoms with Crippen molar-refractivity contribution in [2.24, 2.45) is 39.7 Å². The lowest BCUT2D eigenvalue weighted by Crippen LogP contribution is -2.57. The molecule has 6 unspecified atom stereocenters. The van der Waals surface area contributed by atoms with Gasteiger partial charge >= 0.3 is 5.97 Å². The molecule has 0 bridgehead atoms. The first-order valence-electron chi connectivity index (χ1n) is 10.8. The minimum absolute atomic E-state index is 0.0132. The highest BCUT2D eigenvalue weighted by Crippen LogP contribution is 2.65. The van der Waals surface area contributed by atoms with Crippen LogP contribution < -0.4 is 0 Å². The molecule has 0 aromatic heterocycles. The third-order valence-electron chi connectivity index (χ3n) is 8.76. The molecule has 0 saturated heterocycles. The number of ketones is 1. The van der Waals surface area contributed by atoms with E-state index in [0.717, 1.165) is 44.1 Å². The van der Waals surface area contributed by atoms with Crippen molar-refractivity contribution in [3.8, 4) is 0 Å². The van der Waals surface area contributed by atoms with Crippen molar-refractivity contribution < 1.29 is 19.5 Å². The number of hydrogen-bond donors (Lipinski definition) is 1. The molecule has 5 nitrogen and oxygen atoms in total. The summed E-state index contributed by atoms with van der Waals surface area (Å²) in [6.45, 7) is 7.84. The molecule has 4 aliphatic rings. The van der Waals surface area contributed by atoms with Gasteiger partial charge in [-0.3, -0.25) is 9.59 Å². The van der Waals surface area contributed by atoms with Gasteiger partial charge in [0, 0.05) is 24.7 Å². The molecule has 0 radical (unpaired) electrons. The average Bonchev–Trinajstić information content (AvgIpc) is 2.97. The standard InChI is InChI=1S/C23H33NO4/c1-13(24-27)18-7-8-19-17-6-5-15-11-16(28-14(2)25)9-10-22(15,3)21(17)20(26)12-23(18,19)4/h7,15-17,19,21,27H,5-6,8-12H2,1-4H3/t15-,16?,17?,19?,21?,22?,23?/m0/s1. The lowest BCUT2D eigenvalue weighted by molar-refractivity contribution is -0.166. The minimum atomic E-state index is -0.202. The third-order valence-corrected chi connectivity index (χ3v) is 8.76. The molecular formula is C23H33NO4. The van der Waals surface area contributed by atoms with Crippen LogP contribution in [0.2, 0.25) is 0 Å². The molecule has 1 N–H and O–H groups in total. The zero-order valence-corrected chi connectivity index (χ0v) is 17.5. The molecule has 0 spiro atoms. The predicted molar refractivity (Wildman–Crippen MR) is 106 cm³/mol. The zero-order chi connectivity index (χ0) is 20.3. The Morgan fingerprint density at radius 2 is 2.00 bits per heavy atom. The smallest absolute Gasteiger partial charge is 0.302 e. The minimum Gasteiger partial charge on any atom is -0.463 e. The van der Waals surface area contributed by atoms with E-state index in [1.165, 1.54) is 6.92 Å². The van der Waals surface area contributed by atoms with Gasteiger partial charge in [0.15, 0.2) is 0 Å². The highest BCUT2D eigenvalue weighted by molar-refractivity contribution is 6.01. The Hall–Kier alpha value is -1.65. The molecule has 0 amide bonds. The lowest BCUT2D eigenvalue weighted by atomic mass is 9.44. The van der Waals surface area contributed by atoms with Gasteiger partial charge in [0.05, 0.1) is 5.71 Å². The van der Waals surface area contributed by atoms with Crippen LogP contribution >= 0.6 is 0 Å². The summed E-state index contributed by atoms with van der Waals surface area (Å²) in [5.74, 6) is 1.61. The molecule has 4 aliphatic carbocycles. The van der Waals surface area contributed by atoms with E-state index in [9.17, 15) is 14.8 Å². The van der Waals surface area contributed by atoms with Crippen molar-refractivity contribution >= 4 is 17.5 Å². The van der Waals surface area contributed by atoms with Crippen molar-refractivity contribution in [1.29, 1.82) is 0 Å². The van der Waals surface area contributed by atoms with Gasteiger partial charge in [-0.25, -0.2) is 0 Å². The number of oxime groups is 1. The summed E-state index contributed by atoms with van der Waals surface area (Å²) in [6.07, 6.45) is 8.65. The van der Waals surface area contributed by atoms with Gasteiger partial charge in [-0.15, -0.1) is 0 Å². The Bertz CT molecular complexity index is 756. The molecule has 7 atom stereocenters. The van der Waals surface area contributed by atoms with Crippen LogP contribution in [0.25, 0.3) is 0 Å². The molecule has 0 heterocycles. The fourth-order valence-corrected chi connectivity index (χ4v) is 7.57. The van der Waals surface area contributed by atoms with Gasteiger partial charge in [-0.1, -0.05) is 25.1 Å². The maximum atomic E-state index is 13.5. The topological polar surface area (TPSA) is 76.0 Å². The summed E-state index contributed by atoms with van der Waals surface area (Å²) in [6, 6.07) is 0. The summed E-state index contributed by atoms with van der Waals surface area (Å²) in [7, 11) is 0. The summed E-state index contributed by atoms with van der Waals surface area (Å²) < 4.78 is 5.52. The maximum absolute atomic E-state index is 13.5. The number of ether oxygens (including phenoxy) is 1. The van der Waals surface area contributed by atoms with Gasteiger partial charge < -0.3 is 9.94 Å². The molecule has 0 aliphatic heterocycles. The second kappa shape index (κ2) is 6.70. The zero-order valence-electron chi connectivity index (χ0n) is 17.5. The number of hydrogen-bond acceptors (Lipinski definition) is 5. The molecule has 28 heavy (non-hydrogen) atoms. The first-order chi connectivity index (χ1) is 13.2. The monoisotopic (exact) mass is 387 g/mol. The van der Waals surface area contributed by atoms with Gasteiger partial charge in [-0.2, -0.15) is 0 Å². The SMILES string of the molecule is CC(=O)OC1CCC2(C)C3C(=O)CC4(C)C(C(C)=NO)=CCC4C3CC[C@H]2C1. The predicted octanol–water partition coefficient (Wildman–Crippen LogP) is 4.53. The maximum Gasteiger partial charge on any atom is 0.302 e. The molecular weight excluding hydrogens is 354 g/mol. The molecule has 4 rings (SSSR count). The van der Waals surface area contributed by atoms with E-state index in [1.54, 1.807) is 0 Å². The Kier molecular flexibility index (Phi) is 4.71. The van der Waals surface area contributed by atoms with E-state index < -0.39 is 0 Å². The van der Waals surface area contributed by atoms with Gasteiger partial charge in [0.25, 0.3) is 0 Å². The molecule has 0 aromatic carbocycles. The van der Waals surface area contributed by atoms with Crippen LogP contribution in [0, 0.1) is 34.5 Å². The van der Waals surface area contributed by atoms with Crippen molar-refractivity contribution in [3.63, 3.8) is 0 Å². The lowest BCUT2D eigenvalue weighted by Gasteiger charge is -2.59. The number of fused-ring (bicyclic) bond motifs is 5. The van der Waals surface area contributed by atoms with E-state index in [4.69, 9.17) is 4.74 Å². The Morgan fingerprint density at radius 3 is 2.68 bits per heavy atom. The number of esters is 1. The van der Waals surface area contributed by atoms with Crippen molar-refractivity contribution in [1.82, 2.24) is 0 Å². The van der Waals surface area contributed by atoms with Gasteiger partial charge in [0.2, 0.25) is 0 Å². The number of carbonyl (C=O) groups excluding carboxylic acids is 2. The highest BCUT2D eigenvalue weighted by atomic mass is 16.5. The summed E-state index contributed by atoms with van der Waals surface area (Å²) in [4.78, 5) is 24.9. The number of carbonyl (C=O) groups is 2. The van der Waals surface area contributed by atoms with E-state index >= 15 is 0 Å². The fourth-order valence-electron chi connectivity index (χ4n) is 7.57. The second-order valence-electron chi connectivity index (χ2n) is 10.1. The largest absolute Gasteiger partial charge is 0.463 e. The Balaban J connectivity index is 1.60. The third kappa shape index (κ3) is 2.76. The fraction of sp³-hybridized carbons (Fsp3) is 0.783. The van der Waals surface area contributed by atoms with Crippen LogP contribution in [0.5, 0.6) is 0 Å². The molecule has 3 saturated carbocycles. The van der Waals surface area contributed by atoms with E-state index in [2.05, 4.69) is 25.1 Å². The van der Waals surface area contributed by atoms with Crippen LogP contribution in [0.3, 0.4) is 0 Å². The first-order valence-corrected chi connectivity index (χ1v) is 10.8. The number of nitrogens with zero attached hydrogens (tertiary/aromatic N) is 1. The van der Waals surface area contributed by atoms with Crippen molar-refractivity contribution in [2.45, 2.75) is 78.7 Å². The van der Waals surface area contributed by atoms with Crippen LogP contribution in [-0.4, -0.2) is 28.8 Å². The van der Waals surface area contributed by atoms with E-state index in [0.29, 0.717) is 35.7 Å².